The molecule has 0 spiro atoms. The summed E-state index contributed by atoms with van der Waals surface area (Å²) in [6.07, 6.45) is 0. The molecule has 0 aliphatic rings. The third-order valence-electron chi connectivity index (χ3n) is 2.44. The van der Waals surface area contributed by atoms with E-state index in [1.807, 2.05) is 20.8 Å². The summed E-state index contributed by atoms with van der Waals surface area (Å²) in [5.74, 6) is 0.354. The molecule has 0 fully saturated rings. The predicted octanol–water partition coefficient (Wildman–Crippen LogP) is 2.82. The summed E-state index contributed by atoms with van der Waals surface area (Å²) >= 11 is 7.14. The molecule has 0 N–H and O–H groups in total. The van der Waals surface area contributed by atoms with Crippen LogP contribution in [0.3, 0.4) is 0 Å². The van der Waals surface area contributed by atoms with Gasteiger partial charge in [-0.05, 0) is 26.8 Å². The molecule has 0 aromatic carbocycles. The van der Waals surface area contributed by atoms with Gasteiger partial charge in [-0.25, -0.2) is 8.42 Å². The molecule has 0 unspecified atom stereocenters. The predicted molar refractivity (Wildman–Crippen MR) is 68.7 cm³/mol. The third-order valence-corrected chi connectivity index (χ3v) is 6.23. The minimum atomic E-state index is -3.37. The van der Waals surface area contributed by atoms with Gasteiger partial charge in [0.25, 0.3) is 0 Å². The molecule has 16 heavy (non-hydrogen) atoms. The Kier molecular flexibility index (Phi) is 4.40. The molecule has 1 rings (SSSR count). The maximum Gasteiger partial charge on any atom is 0.244 e. The van der Waals surface area contributed by atoms with Gasteiger partial charge in [0.05, 0.1) is 10.8 Å². The van der Waals surface area contributed by atoms with Crippen LogP contribution in [-0.4, -0.2) is 25.8 Å². The molecule has 0 aliphatic carbocycles. The lowest BCUT2D eigenvalue weighted by Gasteiger charge is -2.20. The van der Waals surface area contributed by atoms with Crippen LogP contribution in [0.25, 0.3) is 0 Å². The second-order valence-corrected chi connectivity index (χ2v) is 7.46. The number of sulfonamides is 1. The van der Waals surface area contributed by atoms with Gasteiger partial charge in [-0.15, -0.1) is 22.9 Å². The molecular weight excluding hydrogens is 266 g/mol. The molecule has 0 bridgehead atoms. The minimum absolute atomic E-state index is 0.0521. The monoisotopic (exact) mass is 281 g/mol. The highest BCUT2D eigenvalue weighted by molar-refractivity contribution is 7.89. The first-order valence-electron chi connectivity index (χ1n) is 4.94. The highest BCUT2D eigenvalue weighted by atomic mass is 35.5. The number of aryl methyl sites for hydroxylation is 1. The molecular formula is C10H16ClNO2S2. The van der Waals surface area contributed by atoms with Crippen LogP contribution in [0.2, 0.25) is 0 Å². The third kappa shape index (κ3) is 2.59. The van der Waals surface area contributed by atoms with E-state index in [9.17, 15) is 8.42 Å². The van der Waals surface area contributed by atoms with E-state index in [4.69, 9.17) is 11.6 Å². The lowest BCUT2D eigenvalue weighted by Crippen LogP contribution is -2.33. The van der Waals surface area contributed by atoms with E-state index in [2.05, 4.69) is 0 Å². The van der Waals surface area contributed by atoms with Crippen molar-refractivity contribution < 1.29 is 8.42 Å². The fraction of sp³-hybridized carbons (Fsp3) is 0.600. The summed E-state index contributed by atoms with van der Waals surface area (Å²) in [4.78, 5) is 2.06. The van der Waals surface area contributed by atoms with Crippen LogP contribution in [0.5, 0.6) is 0 Å². The maximum absolute atomic E-state index is 12.2. The molecule has 1 heterocycles. The quantitative estimate of drug-likeness (QED) is 0.796. The minimum Gasteiger partial charge on any atom is -0.207 e. The summed E-state index contributed by atoms with van der Waals surface area (Å²) < 4.78 is 25.8. The smallest absolute Gasteiger partial charge is 0.207 e. The number of nitrogens with zero attached hydrogens (tertiary/aromatic N) is 1. The highest BCUT2D eigenvalue weighted by Crippen LogP contribution is 2.29. The molecule has 3 nitrogen and oxygen atoms in total. The van der Waals surface area contributed by atoms with Crippen LogP contribution in [0.1, 0.15) is 23.6 Å². The van der Waals surface area contributed by atoms with Crippen molar-refractivity contribution >= 4 is 33.0 Å². The second-order valence-electron chi connectivity index (χ2n) is 3.88. The number of halogens is 1. The molecule has 0 atom stereocenters. The Labute approximate surface area is 106 Å². The average Bonchev–Trinajstić information content (AvgIpc) is 2.58. The van der Waals surface area contributed by atoms with Gasteiger partial charge in [-0.3, -0.25) is 0 Å². The van der Waals surface area contributed by atoms with Gasteiger partial charge in [0.1, 0.15) is 0 Å². The van der Waals surface area contributed by atoms with Gasteiger partial charge in [-0.2, -0.15) is 4.31 Å². The van der Waals surface area contributed by atoms with Crippen LogP contribution in [0, 0.1) is 6.92 Å². The van der Waals surface area contributed by atoms with Gasteiger partial charge in [0.15, 0.2) is 0 Å². The van der Waals surface area contributed by atoms with E-state index in [0.29, 0.717) is 10.8 Å². The van der Waals surface area contributed by atoms with Gasteiger partial charge < -0.3 is 0 Å². The normalized spacial score (nSPS) is 12.7. The first kappa shape index (κ1) is 14.0. The Balaban J connectivity index is 3.22. The average molecular weight is 282 g/mol. The van der Waals surface area contributed by atoms with E-state index >= 15 is 0 Å². The van der Waals surface area contributed by atoms with Crippen molar-refractivity contribution in [3.05, 3.63) is 15.8 Å². The molecule has 0 radical (unpaired) electrons. The molecule has 0 saturated carbocycles. The van der Waals surface area contributed by atoms with Crippen molar-refractivity contribution in [3.8, 4) is 0 Å². The van der Waals surface area contributed by atoms with Crippen LogP contribution >= 0.6 is 22.9 Å². The molecule has 92 valence electrons. The number of rotatable bonds is 4. The van der Waals surface area contributed by atoms with Crippen LogP contribution < -0.4 is 0 Å². The first-order valence-corrected chi connectivity index (χ1v) is 7.73. The summed E-state index contributed by atoms with van der Waals surface area (Å²) in [7, 11) is -1.78. The zero-order valence-corrected chi connectivity index (χ0v) is 12.2. The van der Waals surface area contributed by atoms with Gasteiger partial charge >= 0.3 is 0 Å². The Morgan fingerprint density at radius 2 is 2.06 bits per heavy atom. The molecule has 1 aromatic rings. The molecule has 0 aliphatic heterocycles. The lowest BCUT2D eigenvalue weighted by atomic mass is 10.4. The van der Waals surface area contributed by atoms with Crippen molar-refractivity contribution in [3.63, 3.8) is 0 Å². The first-order chi connectivity index (χ1) is 7.30. The van der Waals surface area contributed by atoms with E-state index in [0.717, 1.165) is 9.75 Å². The summed E-state index contributed by atoms with van der Waals surface area (Å²) in [6, 6.07) is 1.62. The van der Waals surface area contributed by atoms with E-state index in [1.54, 1.807) is 13.1 Å². The second kappa shape index (κ2) is 5.04. The number of thiophene rings is 1. The van der Waals surface area contributed by atoms with Crippen molar-refractivity contribution in [2.75, 3.05) is 7.05 Å². The SMILES string of the molecule is Cc1sc(CCl)cc1S(=O)(=O)N(C)C(C)C. The topological polar surface area (TPSA) is 37.4 Å². The Morgan fingerprint density at radius 3 is 2.44 bits per heavy atom. The van der Waals surface area contributed by atoms with Gasteiger partial charge in [-0.1, -0.05) is 0 Å². The van der Waals surface area contributed by atoms with E-state index in [-0.39, 0.29) is 6.04 Å². The van der Waals surface area contributed by atoms with Crippen LogP contribution in [0.15, 0.2) is 11.0 Å². The summed E-state index contributed by atoms with van der Waals surface area (Å²) in [5.41, 5.74) is 0. The molecule has 0 saturated heterocycles. The van der Waals surface area contributed by atoms with Crippen molar-refractivity contribution in [2.45, 2.75) is 37.6 Å². The van der Waals surface area contributed by atoms with Crippen molar-refractivity contribution in [2.24, 2.45) is 0 Å². The lowest BCUT2D eigenvalue weighted by molar-refractivity contribution is 0.410. The van der Waals surface area contributed by atoms with Crippen molar-refractivity contribution in [1.82, 2.24) is 4.31 Å². The van der Waals surface area contributed by atoms with E-state index in [1.165, 1.54) is 15.6 Å². The summed E-state index contributed by atoms with van der Waals surface area (Å²) in [5, 5.41) is 0. The zero-order valence-electron chi connectivity index (χ0n) is 9.82. The molecule has 6 heteroatoms. The van der Waals surface area contributed by atoms with Crippen LogP contribution in [0.4, 0.5) is 0 Å². The Morgan fingerprint density at radius 1 is 1.50 bits per heavy atom. The Bertz CT molecular complexity index is 465. The van der Waals surface area contributed by atoms with Gasteiger partial charge in [0, 0.05) is 22.8 Å². The number of alkyl halides is 1. The largest absolute Gasteiger partial charge is 0.244 e. The highest BCUT2D eigenvalue weighted by Gasteiger charge is 2.26. The Hall–Kier alpha value is -0.100. The zero-order chi connectivity index (χ0) is 12.5. The number of hydrogen-bond donors (Lipinski definition) is 0. The van der Waals surface area contributed by atoms with Crippen LogP contribution in [-0.2, 0) is 15.9 Å². The fourth-order valence-electron chi connectivity index (χ4n) is 1.28. The maximum atomic E-state index is 12.2. The standard InChI is InChI=1S/C10H16ClNO2S2/c1-7(2)12(4)16(13,14)10-5-9(6-11)15-8(10)3/h5,7H,6H2,1-4H3. The van der Waals surface area contributed by atoms with Gasteiger partial charge in [0.2, 0.25) is 10.0 Å². The number of hydrogen-bond acceptors (Lipinski definition) is 3. The summed E-state index contributed by atoms with van der Waals surface area (Å²) in [6.45, 7) is 5.51. The van der Waals surface area contributed by atoms with E-state index < -0.39 is 10.0 Å². The molecule has 1 aromatic heterocycles. The fourth-order valence-corrected chi connectivity index (χ4v) is 4.34. The molecule has 0 amide bonds. The van der Waals surface area contributed by atoms with Crippen molar-refractivity contribution in [1.29, 1.82) is 0 Å².